The Kier molecular flexibility index (Phi) is 5.92. The fourth-order valence-electron chi connectivity index (χ4n) is 2.51. The summed E-state index contributed by atoms with van der Waals surface area (Å²) in [4.78, 5) is 0.253. The molecule has 0 bridgehead atoms. The van der Waals surface area contributed by atoms with E-state index in [1.807, 2.05) is 0 Å². The standard InChI is InChI=1S/C18H23NO5S/c1-13-10-15(22-3)8-9-18(13)25(20,21)19(2)12-14-6-7-16(23-4)11-17(14)24-5/h6-11H,12H2,1-5H3. The van der Waals surface area contributed by atoms with E-state index >= 15 is 0 Å². The molecule has 0 aliphatic carbocycles. The van der Waals surface area contributed by atoms with Crippen LogP contribution in [0.1, 0.15) is 11.1 Å². The molecule has 0 fully saturated rings. The van der Waals surface area contributed by atoms with Crippen LogP contribution in [0, 0.1) is 6.92 Å². The van der Waals surface area contributed by atoms with Gasteiger partial charge in [-0.05, 0) is 36.8 Å². The largest absolute Gasteiger partial charge is 0.497 e. The van der Waals surface area contributed by atoms with Gasteiger partial charge < -0.3 is 14.2 Å². The third-order valence-corrected chi connectivity index (χ3v) is 5.92. The van der Waals surface area contributed by atoms with Gasteiger partial charge in [0.05, 0.1) is 26.2 Å². The highest BCUT2D eigenvalue weighted by molar-refractivity contribution is 7.89. The van der Waals surface area contributed by atoms with E-state index in [1.54, 1.807) is 71.7 Å². The van der Waals surface area contributed by atoms with Gasteiger partial charge in [0.1, 0.15) is 17.2 Å². The van der Waals surface area contributed by atoms with Gasteiger partial charge >= 0.3 is 0 Å². The van der Waals surface area contributed by atoms with Gasteiger partial charge in [0.25, 0.3) is 0 Å². The number of methoxy groups -OCH3 is 3. The van der Waals surface area contributed by atoms with Gasteiger partial charge in [-0.1, -0.05) is 6.07 Å². The van der Waals surface area contributed by atoms with Crippen molar-refractivity contribution >= 4 is 10.0 Å². The van der Waals surface area contributed by atoms with E-state index < -0.39 is 10.0 Å². The van der Waals surface area contributed by atoms with Crippen LogP contribution in [0.2, 0.25) is 0 Å². The van der Waals surface area contributed by atoms with Crippen LogP contribution in [0.3, 0.4) is 0 Å². The Hall–Kier alpha value is -2.25. The highest BCUT2D eigenvalue weighted by Gasteiger charge is 2.24. The molecule has 0 aliphatic heterocycles. The van der Waals surface area contributed by atoms with Crippen molar-refractivity contribution in [1.82, 2.24) is 4.31 Å². The van der Waals surface area contributed by atoms with E-state index in [0.29, 0.717) is 22.8 Å². The van der Waals surface area contributed by atoms with Crippen LogP contribution in [0.15, 0.2) is 41.3 Å². The zero-order valence-corrected chi connectivity index (χ0v) is 15.9. The van der Waals surface area contributed by atoms with Crippen molar-refractivity contribution in [2.45, 2.75) is 18.4 Å². The van der Waals surface area contributed by atoms with Crippen molar-refractivity contribution < 1.29 is 22.6 Å². The lowest BCUT2D eigenvalue weighted by Gasteiger charge is -2.20. The number of benzene rings is 2. The summed E-state index contributed by atoms with van der Waals surface area (Å²) in [5.74, 6) is 1.85. The summed E-state index contributed by atoms with van der Waals surface area (Å²) in [6.45, 7) is 1.93. The van der Waals surface area contributed by atoms with Gasteiger partial charge in [0, 0.05) is 25.2 Å². The monoisotopic (exact) mass is 365 g/mol. The molecule has 0 heterocycles. The number of hydrogen-bond donors (Lipinski definition) is 0. The minimum absolute atomic E-state index is 0.182. The van der Waals surface area contributed by atoms with Crippen molar-refractivity contribution in [3.8, 4) is 17.2 Å². The molecule has 0 saturated carbocycles. The summed E-state index contributed by atoms with van der Waals surface area (Å²) in [5.41, 5.74) is 1.38. The van der Waals surface area contributed by atoms with E-state index in [0.717, 1.165) is 5.56 Å². The predicted molar refractivity (Wildman–Crippen MR) is 95.9 cm³/mol. The lowest BCUT2D eigenvalue weighted by atomic mass is 10.2. The van der Waals surface area contributed by atoms with Gasteiger partial charge in [0.15, 0.2) is 0 Å². The maximum Gasteiger partial charge on any atom is 0.243 e. The van der Waals surface area contributed by atoms with Crippen LogP contribution in [-0.2, 0) is 16.6 Å². The van der Waals surface area contributed by atoms with E-state index in [4.69, 9.17) is 14.2 Å². The van der Waals surface area contributed by atoms with E-state index in [2.05, 4.69) is 0 Å². The Morgan fingerprint density at radius 1 is 0.920 bits per heavy atom. The molecular weight excluding hydrogens is 342 g/mol. The molecule has 2 aromatic carbocycles. The molecule has 136 valence electrons. The van der Waals surface area contributed by atoms with Crippen molar-refractivity contribution in [1.29, 1.82) is 0 Å². The van der Waals surface area contributed by atoms with Crippen LogP contribution in [0.5, 0.6) is 17.2 Å². The van der Waals surface area contributed by atoms with E-state index in [1.165, 1.54) is 4.31 Å². The van der Waals surface area contributed by atoms with Crippen molar-refractivity contribution in [3.63, 3.8) is 0 Å². The topological polar surface area (TPSA) is 65.1 Å². The third kappa shape index (κ3) is 4.05. The lowest BCUT2D eigenvalue weighted by Crippen LogP contribution is -2.27. The Labute approximate surface area is 149 Å². The van der Waals surface area contributed by atoms with Gasteiger partial charge in [-0.15, -0.1) is 0 Å². The van der Waals surface area contributed by atoms with Crippen LogP contribution in [-0.4, -0.2) is 41.1 Å². The fraction of sp³-hybridized carbons (Fsp3) is 0.333. The summed E-state index contributed by atoms with van der Waals surface area (Å²) in [6.07, 6.45) is 0. The Morgan fingerprint density at radius 2 is 1.52 bits per heavy atom. The first-order chi connectivity index (χ1) is 11.8. The van der Waals surface area contributed by atoms with Gasteiger partial charge in [0.2, 0.25) is 10.0 Å². The smallest absolute Gasteiger partial charge is 0.243 e. The van der Waals surface area contributed by atoms with Gasteiger partial charge in [-0.25, -0.2) is 8.42 Å². The average molecular weight is 365 g/mol. The summed E-state index contributed by atoms with van der Waals surface area (Å²) in [6, 6.07) is 10.2. The van der Waals surface area contributed by atoms with Crippen LogP contribution >= 0.6 is 0 Å². The molecule has 0 saturated heterocycles. The quantitative estimate of drug-likeness (QED) is 0.755. The molecule has 7 heteroatoms. The summed E-state index contributed by atoms with van der Waals surface area (Å²) >= 11 is 0. The van der Waals surface area contributed by atoms with Crippen molar-refractivity contribution in [2.24, 2.45) is 0 Å². The minimum Gasteiger partial charge on any atom is -0.497 e. The first kappa shape index (κ1) is 19.1. The molecule has 0 aromatic heterocycles. The van der Waals surface area contributed by atoms with Crippen LogP contribution in [0.25, 0.3) is 0 Å². The molecule has 0 spiro atoms. The highest BCUT2D eigenvalue weighted by atomic mass is 32.2. The summed E-state index contributed by atoms with van der Waals surface area (Å²) in [7, 11) is 2.56. The summed E-state index contributed by atoms with van der Waals surface area (Å²) in [5, 5.41) is 0. The average Bonchev–Trinajstić information content (AvgIpc) is 2.61. The van der Waals surface area contributed by atoms with Gasteiger partial charge in [-0.2, -0.15) is 4.31 Å². The molecule has 0 unspecified atom stereocenters. The number of hydrogen-bond acceptors (Lipinski definition) is 5. The Bertz CT molecular complexity index is 849. The molecule has 25 heavy (non-hydrogen) atoms. The molecule has 2 aromatic rings. The van der Waals surface area contributed by atoms with Gasteiger partial charge in [-0.3, -0.25) is 0 Å². The second-order valence-corrected chi connectivity index (χ2v) is 7.58. The molecule has 0 N–H and O–H groups in total. The number of rotatable bonds is 7. The number of nitrogens with zero attached hydrogens (tertiary/aromatic N) is 1. The zero-order chi connectivity index (χ0) is 18.6. The molecule has 0 aliphatic rings. The first-order valence-corrected chi connectivity index (χ1v) is 9.09. The SMILES string of the molecule is COc1ccc(S(=O)(=O)N(C)Cc2ccc(OC)cc2OC)c(C)c1. The number of sulfonamides is 1. The van der Waals surface area contributed by atoms with E-state index in [9.17, 15) is 8.42 Å². The van der Waals surface area contributed by atoms with E-state index in [-0.39, 0.29) is 11.4 Å². The third-order valence-electron chi connectivity index (χ3n) is 3.96. The number of ether oxygens (including phenoxy) is 3. The normalized spacial score (nSPS) is 11.4. The molecule has 2 rings (SSSR count). The fourth-order valence-corrected chi connectivity index (χ4v) is 3.86. The lowest BCUT2D eigenvalue weighted by molar-refractivity contribution is 0.384. The second-order valence-electron chi connectivity index (χ2n) is 5.57. The molecule has 0 atom stereocenters. The second kappa shape index (κ2) is 7.76. The van der Waals surface area contributed by atoms with Crippen LogP contribution < -0.4 is 14.2 Å². The molecular formula is C18H23NO5S. The molecule has 6 nitrogen and oxygen atoms in total. The first-order valence-electron chi connectivity index (χ1n) is 7.65. The minimum atomic E-state index is -3.64. The highest BCUT2D eigenvalue weighted by Crippen LogP contribution is 2.28. The maximum atomic E-state index is 12.9. The Morgan fingerprint density at radius 3 is 2.08 bits per heavy atom. The van der Waals surface area contributed by atoms with Crippen molar-refractivity contribution in [3.05, 3.63) is 47.5 Å². The summed E-state index contributed by atoms with van der Waals surface area (Å²) < 4.78 is 42.7. The number of aryl methyl sites for hydroxylation is 1. The molecule has 0 radical (unpaired) electrons. The predicted octanol–water partition coefficient (Wildman–Crippen LogP) is 2.84. The van der Waals surface area contributed by atoms with Crippen molar-refractivity contribution in [2.75, 3.05) is 28.4 Å². The van der Waals surface area contributed by atoms with Crippen LogP contribution in [0.4, 0.5) is 0 Å². The maximum absolute atomic E-state index is 12.9. The Balaban J connectivity index is 2.32. The zero-order valence-electron chi connectivity index (χ0n) is 15.1. The molecule has 0 amide bonds.